The van der Waals surface area contributed by atoms with Crippen molar-refractivity contribution >= 4 is 10.1 Å². The van der Waals surface area contributed by atoms with Gasteiger partial charge in [0, 0.05) is 52.4 Å². The molecule has 2 unspecified atom stereocenters. The number of rotatable bonds is 9. The molecule has 0 N–H and O–H groups in total. The third-order valence-electron chi connectivity index (χ3n) is 6.89. The molecule has 1 heterocycles. The van der Waals surface area contributed by atoms with Crippen molar-refractivity contribution in [3.8, 4) is 0 Å². The molecule has 1 aliphatic heterocycles. The van der Waals surface area contributed by atoms with Crippen LogP contribution in [0.1, 0.15) is 61.8 Å². The van der Waals surface area contributed by atoms with Gasteiger partial charge in [0.05, 0.1) is 0 Å². The molecule has 166 valence electrons. The molecule has 0 aromatic rings. The molecule has 0 aromatic heterocycles. The molecule has 1 aliphatic rings. The number of nitrogens with zero attached hydrogens (tertiary/aromatic N) is 5. The zero-order valence-corrected chi connectivity index (χ0v) is 21.1. The lowest BCUT2D eigenvalue weighted by molar-refractivity contribution is 0.183. The third-order valence-corrected chi connectivity index (χ3v) is 14.4. The minimum Gasteiger partial charge on any atom is -0.245 e. The van der Waals surface area contributed by atoms with Crippen molar-refractivity contribution in [3.63, 3.8) is 0 Å². The van der Waals surface area contributed by atoms with E-state index in [0.717, 1.165) is 64.2 Å². The van der Waals surface area contributed by atoms with Crippen molar-refractivity contribution in [3.05, 3.63) is 0 Å². The maximum absolute atomic E-state index is 2.85. The molecule has 5 nitrogen and oxygen atoms in total. The Morgan fingerprint density at radius 1 is 0.630 bits per heavy atom. The highest BCUT2D eigenvalue weighted by molar-refractivity contribution is 8.40. The van der Waals surface area contributed by atoms with Gasteiger partial charge in [-0.05, 0) is 32.4 Å². The van der Waals surface area contributed by atoms with Crippen molar-refractivity contribution in [2.24, 2.45) is 11.8 Å². The molecule has 0 aromatic carbocycles. The summed E-state index contributed by atoms with van der Waals surface area (Å²) in [6.45, 7) is 27.9. The number of hydrogen-bond acceptors (Lipinski definition) is 5. The van der Waals surface area contributed by atoms with E-state index in [0.29, 0.717) is 0 Å². The van der Waals surface area contributed by atoms with Crippen molar-refractivity contribution in [1.82, 2.24) is 21.5 Å². The first-order valence-corrected chi connectivity index (χ1v) is 13.5. The Labute approximate surface area is 172 Å². The molecule has 0 bridgehead atoms. The summed E-state index contributed by atoms with van der Waals surface area (Å²) in [6.07, 6.45) is 1.32. The average Bonchev–Trinajstić information content (AvgIpc) is 2.62. The Morgan fingerprint density at radius 2 is 0.889 bits per heavy atom. The highest BCUT2D eigenvalue weighted by Gasteiger charge is 2.58. The normalized spacial score (nSPS) is 28.9. The SMILES string of the molecule is CCN(CC)[SH]1(N(CC)CC)(N(CC)CC)N(C)CC(C)CC(C)CN1C. The summed E-state index contributed by atoms with van der Waals surface area (Å²) in [7, 11) is 2.00. The molecular formula is C21H51N5S. The Hall–Kier alpha value is 0.150. The van der Waals surface area contributed by atoms with Gasteiger partial charge in [-0.15, -0.1) is 0 Å². The fourth-order valence-electron chi connectivity index (χ4n) is 6.31. The van der Waals surface area contributed by atoms with Crippen LogP contribution in [0.5, 0.6) is 0 Å². The van der Waals surface area contributed by atoms with Crippen molar-refractivity contribution in [1.29, 1.82) is 0 Å². The fraction of sp³-hybridized carbons (Fsp3) is 1.00. The predicted octanol–water partition coefficient (Wildman–Crippen LogP) is 4.20. The number of thiol groups is 1. The maximum atomic E-state index is 2.84. The highest BCUT2D eigenvalue weighted by atomic mass is 32.3. The lowest BCUT2D eigenvalue weighted by Crippen LogP contribution is -2.72. The summed E-state index contributed by atoms with van der Waals surface area (Å²) in [4.78, 5) is 0. The van der Waals surface area contributed by atoms with Crippen LogP contribution in [-0.4, -0.2) is 88.0 Å². The van der Waals surface area contributed by atoms with E-state index in [9.17, 15) is 0 Å². The molecule has 6 heteroatoms. The van der Waals surface area contributed by atoms with E-state index in [1.54, 1.807) is 0 Å². The second-order valence-electron chi connectivity index (χ2n) is 8.44. The Morgan fingerprint density at radius 3 is 1.11 bits per heavy atom. The molecule has 0 amide bonds. The summed E-state index contributed by atoms with van der Waals surface area (Å²) < 4.78 is 14.2. The minimum atomic E-state index is -2.85. The van der Waals surface area contributed by atoms with Gasteiger partial charge in [-0.2, -0.15) is 0 Å². The molecule has 1 fully saturated rings. The minimum absolute atomic E-state index is 0.724. The van der Waals surface area contributed by atoms with Crippen LogP contribution in [0.3, 0.4) is 0 Å². The van der Waals surface area contributed by atoms with Gasteiger partial charge >= 0.3 is 0 Å². The molecule has 2 atom stereocenters. The smallest absolute Gasteiger partial charge is 0.0124 e. The lowest BCUT2D eigenvalue weighted by atomic mass is 9.97. The summed E-state index contributed by atoms with van der Waals surface area (Å²) in [6, 6.07) is 0. The van der Waals surface area contributed by atoms with E-state index in [2.05, 4.69) is 91.0 Å². The van der Waals surface area contributed by atoms with E-state index in [1.807, 2.05) is 0 Å². The second kappa shape index (κ2) is 10.3. The fourth-order valence-corrected chi connectivity index (χ4v) is 14.7. The molecule has 1 rings (SSSR count). The van der Waals surface area contributed by atoms with E-state index < -0.39 is 10.1 Å². The van der Waals surface area contributed by atoms with Crippen LogP contribution in [0.4, 0.5) is 0 Å². The first-order chi connectivity index (χ1) is 12.7. The van der Waals surface area contributed by atoms with Gasteiger partial charge in [0.1, 0.15) is 0 Å². The van der Waals surface area contributed by atoms with Crippen LogP contribution in [0.15, 0.2) is 0 Å². The number of hydrogen-bond donors (Lipinski definition) is 1. The van der Waals surface area contributed by atoms with E-state index >= 15 is 0 Å². The second-order valence-corrected chi connectivity index (χ2v) is 13.3. The van der Waals surface area contributed by atoms with Gasteiger partial charge in [-0.3, -0.25) is 0 Å². The van der Waals surface area contributed by atoms with Crippen LogP contribution in [0.25, 0.3) is 0 Å². The van der Waals surface area contributed by atoms with Gasteiger partial charge in [-0.25, -0.2) is 21.5 Å². The van der Waals surface area contributed by atoms with Gasteiger partial charge in [-0.1, -0.05) is 65.5 Å². The Bertz CT molecular complexity index is 380. The summed E-state index contributed by atoms with van der Waals surface area (Å²) in [5.74, 6) is 1.45. The molecule has 1 saturated heterocycles. The van der Waals surface area contributed by atoms with Crippen LogP contribution < -0.4 is 0 Å². The van der Waals surface area contributed by atoms with Crippen molar-refractivity contribution in [2.45, 2.75) is 61.8 Å². The average molecular weight is 406 g/mol. The van der Waals surface area contributed by atoms with Crippen LogP contribution in [-0.2, 0) is 0 Å². The van der Waals surface area contributed by atoms with Crippen LogP contribution >= 0.6 is 10.1 Å². The van der Waals surface area contributed by atoms with Crippen LogP contribution in [0, 0.1) is 11.8 Å². The first kappa shape index (κ1) is 25.2. The molecule has 0 saturated carbocycles. The van der Waals surface area contributed by atoms with E-state index in [1.165, 1.54) is 6.42 Å². The molecule has 0 radical (unpaired) electrons. The Kier molecular flexibility index (Phi) is 9.57. The highest BCUT2D eigenvalue weighted by Crippen LogP contribution is 2.79. The summed E-state index contributed by atoms with van der Waals surface area (Å²) in [5.41, 5.74) is 0. The van der Waals surface area contributed by atoms with Gasteiger partial charge in [0.2, 0.25) is 0 Å². The van der Waals surface area contributed by atoms with E-state index in [4.69, 9.17) is 0 Å². The zero-order valence-electron chi connectivity index (χ0n) is 20.2. The van der Waals surface area contributed by atoms with Crippen LogP contribution in [0.2, 0.25) is 0 Å². The van der Waals surface area contributed by atoms with E-state index in [-0.39, 0.29) is 0 Å². The summed E-state index contributed by atoms with van der Waals surface area (Å²) in [5, 5.41) is 0. The largest absolute Gasteiger partial charge is 0.245 e. The summed E-state index contributed by atoms with van der Waals surface area (Å²) >= 11 is 0. The molecule has 0 aliphatic carbocycles. The van der Waals surface area contributed by atoms with Gasteiger partial charge < -0.3 is 0 Å². The quantitative estimate of drug-likeness (QED) is 0.577. The topological polar surface area (TPSA) is 16.2 Å². The predicted molar refractivity (Wildman–Crippen MR) is 126 cm³/mol. The third kappa shape index (κ3) is 3.71. The monoisotopic (exact) mass is 405 g/mol. The first-order valence-electron chi connectivity index (χ1n) is 11.5. The van der Waals surface area contributed by atoms with Crippen molar-refractivity contribution < 1.29 is 0 Å². The zero-order chi connectivity index (χ0) is 20.9. The molecule has 0 spiro atoms. The molecule has 27 heavy (non-hydrogen) atoms. The van der Waals surface area contributed by atoms with Gasteiger partial charge in [0.25, 0.3) is 0 Å². The maximum Gasteiger partial charge on any atom is 0.0124 e. The van der Waals surface area contributed by atoms with Crippen molar-refractivity contribution in [2.75, 3.05) is 66.5 Å². The lowest BCUT2D eigenvalue weighted by Gasteiger charge is -2.85. The Balaban J connectivity index is 3.99. The molecular weight excluding hydrogens is 354 g/mol. The standard InChI is InChI=1S/C21H51N5S/c1-11-24(12-2)27(25(13-3)14-4,26(15-5)16-6)22(9)18-20(7)17-21(8)19-23(27)10/h20-21,27H,11-19H2,1-10H3. The van der Waals surface area contributed by atoms with Gasteiger partial charge in [0.15, 0.2) is 0 Å².